The van der Waals surface area contributed by atoms with Crippen LogP contribution in [0, 0.1) is 0 Å². The molecule has 0 aliphatic rings. The van der Waals surface area contributed by atoms with Crippen molar-refractivity contribution >= 4 is 23.2 Å². The average Bonchev–Trinajstić information content (AvgIpc) is 2.51. The molecule has 1 atom stereocenters. The van der Waals surface area contributed by atoms with Gasteiger partial charge < -0.3 is 5.32 Å². The Balaban J connectivity index is 2.23. The van der Waals surface area contributed by atoms with Crippen LogP contribution in [-0.2, 0) is 12.8 Å². The summed E-state index contributed by atoms with van der Waals surface area (Å²) in [6, 6.07) is 14.8. The molecule has 0 heterocycles. The maximum Gasteiger partial charge on any atom is 0.0624 e. The van der Waals surface area contributed by atoms with Crippen molar-refractivity contribution < 1.29 is 0 Å². The molecule has 0 bridgehead atoms. The number of hydrogen-bond donors (Lipinski definition) is 1. The smallest absolute Gasteiger partial charge is 0.0624 e. The quantitative estimate of drug-likeness (QED) is 0.746. The number of halogens is 2. The number of likely N-dealkylation sites (N-methyl/N-ethyl adjacent to an activating group) is 1. The van der Waals surface area contributed by atoms with Gasteiger partial charge in [0, 0.05) is 6.04 Å². The third-order valence-corrected chi connectivity index (χ3v) is 4.55. The SMILES string of the molecule is CCNC(Cc1cccc(Cl)c1Cl)c1ccc(CC)cc1. The van der Waals surface area contributed by atoms with E-state index in [1.54, 1.807) is 0 Å². The molecule has 0 aliphatic heterocycles. The van der Waals surface area contributed by atoms with Crippen LogP contribution in [0.4, 0.5) is 0 Å². The van der Waals surface area contributed by atoms with Crippen LogP contribution in [-0.4, -0.2) is 6.54 Å². The summed E-state index contributed by atoms with van der Waals surface area (Å²) in [6.07, 6.45) is 1.89. The number of benzene rings is 2. The second-order valence-corrected chi connectivity index (χ2v) is 5.91. The summed E-state index contributed by atoms with van der Waals surface area (Å²) in [5, 5.41) is 4.81. The highest BCUT2D eigenvalue weighted by Crippen LogP contribution is 2.29. The second-order valence-electron chi connectivity index (χ2n) is 5.12. The van der Waals surface area contributed by atoms with Gasteiger partial charge in [0.15, 0.2) is 0 Å². The maximum atomic E-state index is 6.31. The molecule has 0 saturated heterocycles. The zero-order valence-corrected chi connectivity index (χ0v) is 14.0. The fourth-order valence-electron chi connectivity index (χ4n) is 2.47. The predicted octanol–water partition coefficient (Wildman–Crippen LogP) is 5.45. The molecule has 0 radical (unpaired) electrons. The van der Waals surface area contributed by atoms with Gasteiger partial charge in [-0.1, -0.05) is 73.4 Å². The van der Waals surface area contributed by atoms with Crippen molar-refractivity contribution in [3.63, 3.8) is 0 Å². The summed E-state index contributed by atoms with van der Waals surface area (Å²) in [5.74, 6) is 0. The summed E-state index contributed by atoms with van der Waals surface area (Å²) < 4.78 is 0. The van der Waals surface area contributed by atoms with Crippen LogP contribution < -0.4 is 5.32 Å². The lowest BCUT2D eigenvalue weighted by molar-refractivity contribution is 0.550. The molecule has 0 aromatic heterocycles. The molecule has 1 N–H and O–H groups in total. The summed E-state index contributed by atoms with van der Waals surface area (Å²) in [4.78, 5) is 0. The molecule has 3 heteroatoms. The largest absolute Gasteiger partial charge is 0.310 e. The van der Waals surface area contributed by atoms with Crippen molar-refractivity contribution in [2.24, 2.45) is 0 Å². The first kappa shape index (κ1) is 16.4. The summed E-state index contributed by atoms with van der Waals surface area (Å²) >= 11 is 12.4. The minimum Gasteiger partial charge on any atom is -0.310 e. The van der Waals surface area contributed by atoms with Gasteiger partial charge in [-0.25, -0.2) is 0 Å². The van der Waals surface area contributed by atoms with Gasteiger partial charge in [0.2, 0.25) is 0 Å². The lowest BCUT2D eigenvalue weighted by Crippen LogP contribution is -2.23. The maximum absolute atomic E-state index is 6.31. The molecule has 2 aromatic carbocycles. The van der Waals surface area contributed by atoms with Crippen molar-refractivity contribution in [2.75, 3.05) is 6.54 Å². The Kier molecular flexibility index (Phi) is 6.10. The van der Waals surface area contributed by atoms with Gasteiger partial charge in [0.1, 0.15) is 0 Å². The van der Waals surface area contributed by atoms with Crippen molar-refractivity contribution in [1.82, 2.24) is 5.32 Å². The fraction of sp³-hybridized carbons (Fsp3) is 0.333. The topological polar surface area (TPSA) is 12.0 Å². The van der Waals surface area contributed by atoms with E-state index < -0.39 is 0 Å². The minimum atomic E-state index is 0.247. The molecule has 0 saturated carbocycles. The third-order valence-electron chi connectivity index (χ3n) is 3.70. The minimum absolute atomic E-state index is 0.247. The van der Waals surface area contributed by atoms with Gasteiger partial charge >= 0.3 is 0 Å². The van der Waals surface area contributed by atoms with Gasteiger partial charge in [-0.05, 0) is 42.1 Å². The van der Waals surface area contributed by atoms with Crippen LogP contribution in [0.3, 0.4) is 0 Å². The molecule has 0 amide bonds. The van der Waals surface area contributed by atoms with E-state index in [1.165, 1.54) is 11.1 Å². The molecule has 0 spiro atoms. The Labute approximate surface area is 137 Å². The van der Waals surface area contributed by atoms with E-state index >= 15 is 0 Å². The Hall–Kier alpha value is -1.02. The summed E-state index contributed by atoms with van der Waals surface area (Å²) in [7, 11) is 0. The highest BCUT2D eigenvalue weighted by Gasteiger charge is 2.14. The highest BCUT2D eigenvalue weighted by atomic mass is 35.5. The van der Waals surface area contributed by atoms with Crippen molar-refractivity contribution in [2.45, 2.75) is 32.7 Å². The Morgan fingerprint density at radius 2 is 1.71 bits per heavy atom. The van der Waals surface area contributed by atoms with Crippen molar-refractivity contribution in [1.29, 1.82) is 0 Å². The molecule has 0 fully saturated rings. The van der Waals surface area contributed by atoms with Crippen LogP contribution in [0.2, 0.25) is 10.0 Å². The summed E-state index contributed by atoms with van der Waals surface area (Å²) in [6.45, 7) is 5.20. The number of rotatable bonds is 6. The van der Waals surface area contributed by atoms with E-state index in [-0.39, 0.29) is 6.04 Å². The van der Waals surface area contributed by atoms with E-state index in [9.17, 15) is 0 Å². The predicted molar refractivity (Wildman–Crippen MR) is 92.4 cm³/mol. The highest BCUT2D eigenvalue weighted by molar-refractivity contribution is 6.42. The van der Waals surface area contributed by atoms with Gasteiger partial charge in [0.25, 0.3) is 0 Å². The van der Waals surface area contributed by atoms with E-state index in [0.29, 0.717) is 10.0 Å². The molecule has 112 valence electrons. The first-order valence-corrected chi connectivity index (χ1v) is 8.16. The van der Waals surface area contributed by atoms with Crippen LogP contribution in [0.1, 0.15) is 36.6 Å². The zero-order valence-electron chi connectivity index (χ0n) is 12.5. The lowest BCUT2D eigenvalue weighted by atomic mass is 9.97. The molecular weight excluding hydrogens is 301 g/mol. The molecule has 1 unspecified atom stereocenters. The molecule has 2 rings (SSSR count). The standard InChI is InChI=1S/C18H21Cl2N/c1-3-13-8-10-14(11-9-13)17(21-4-2)12-15-6-5-7-16(19)18(15)20/h5-11,17,21H,3-4,12H2,1-2H3. The van der Waals surface area contributed by atoms with E-state index in [1.807, 2.05) is 18.2 Å². The summed E-state index contributed by atoms with van der Waals surface area (Å²) in [5.41, 5.74) is 3.72. The Morgan fingerprint density at radius 3 is 2.33 bits per heavy atom. The first-order valence-electron chi connectivity index (χ1n) is 7.40. The number of nitrogens with one attached hydrogen (secondary N) is 1. The molecule has 2 aromatic rings. The number of hydrogen-bond acceptors (Lipinski definition) is 1. The second kappa shape index (κ2) is 7.84. The molecular formula is C18H21Cl2N. The van der Waals surface area contributed by atoms with Gasteiger partial charge in [-0.3, -0.25) is 0 Å². The van der Waals surface area contributed by atoms with Crippen LogP contribution in [0.15, 0.2) is 42.5 Å². The van der Waals surface area contributed by atoms with Gasteiger partial charge in [0.05, 0.1) is 10.0 Å². The molecule has 0 aliphatic carbocycles. The molecule has 1 nitrogen and oxygen atoms in total. The zero-order chi connectivity index (χ0) is 15.2. The van der Waals surface area contributed by atoms with E-state index in [4.69, 9.17) is 23.2 Å². The fourth-order valence-corrected chi connectivity index (χ4v) is 2.86. The van der Waals surface area contributed by atoms with E-state index in [2.05, 4.69) is 43.4 Å². The first-order chi connectivity index (χ1) is 10.2. The van der Waals surface area contributed by atoms with Gasteiger partial charge in [-0.15, -0.1) is 0 Å². The van der Waals surface area contributed by atoms with Crippen LogP contribution in [0.5, 0.6) is 0 Å². The molecule has 21 heavy (non-hydrogen) atoms. The average molecular weight is 322 g/mol. The van der Waals surface area contributed by atoms with Crippen LogP contribution in [0.25, 0.3) is 0 Å². The van der Waals surface area contributed by atoms with E-state index in [0.717, 1.165) is 24.9 Å². The monoisotopic (exact) mass is 321 g/mol. The lowest BCUT2D eigenvalue weighted by Gasteiger charge is -2.20. The van der Waals surface area contributed by atoms with Crippen molar-refractivity contribution in [3.05, 3.63) is 69.2 Å². The van der Waals surface area contributed by atoms with Gasteiger partial charge in [-0.2, -0.15) is 0 Å². The Morgan fingerprint density at radius 1 is 1.00 bits per heavy atom. The third kappa shape index (κ3) is 4.23. The Bertz CT molecular complexity index is 578. The van der Waals surface area contributed by atoms with Crippen LogP contribution >= 0.6 is 23.2 Å². The number of aryl methyl sites for hydroxylation is 1. The normalized spacial score (nSPS) is 12.4. The van der Waals surface area contributed by atoms with Crippen molar-refractivity contribution in [3.8, 4) is 0 Å².